The van der Waals surface area contributed by atoms with Gasteiger partial charge in [-0.3, -0.25) is 0 Å². The third-order valence-electron chi connectivity index (χ3n) is 2.36. The Hall–Kier alpha value is -1.89. The average Bonchev–Trinajstić information content (AvgIpc) is 2.85. The van der Waals surface area contributed by atoms with E-state index in [0.717, 1.165) is 6.07 Å². The van der Waals surface area contributed by atoms with Gasteiger partial charge in [-0.05, 0) is 18.2 Å². The molecule has 0 bridgehead atoms. The number of aryl methyl sites for hydroxylation is 1. The molecule has 2 aromatic rings. The van der Waals surface area contributed by atoms with Gasteiger partial charge in [-0.25, -0.2) is 9.18 Å². The van der Waals surface area contributed by atoms with E-state index >= 15 is 0 Å². The fourth-order valence-electron chi connectivity index (χ4n) is 1.40. The van der Waals surface area contributed by atoms with Crippen molar-refractivity contribution < 1.29 is 18.8 Å². The summed E-state index contributed by atoms with van der Waals surface area (Å²) in [6, 6.07) is 3.94. The van der Waals surface area contributed by atoms with E-state index < -0.39 is 11.8 Å². The molecule has 2 rings (SSSR count). The molecular weight excluding hydrogens is 271 g/mol. The van der Waals surface area contributed by atoms with E-state index in [2.05, 4.69) is 10.1 Å². The van der Waals surface area contributed by atoms with Crippen molar-refractivity contribution in [1.82, 2.24) is 10.1 Å². The first-order chi connectivity index (χ1) is 9.10. The lowest BCUT2D eigenvalue weighted by Gasteiger charge is -2.01. The second-order valence-electron chi connectivity index (χ2n) is 3.69. The van der Waals surface area contributed by atoms with Crippen LogP contribution in [0.15, 0.2) is 27.6 Å². The number of carboxylic acid groups (broad SMARTS) is 1. The molecule has 0 saturated heterocycles. The highest BCUT2D eigenvalue weighted by molar-refractivity contribution is 7.98. The maximum Gasteiger partial charge on any atom is 0.338 e. The van der Waals surface area contributed by atoms with Crippen LogP contribution in [0.2, 0.25) is 0 Å². The van der Waals surface area contributed by atoms with Crippen molar-refractivity contribution in [3.63, 3.8) is 0 Å². The highest BCUT2D eigenvalue weighted by atomic mass is 32.2. The van der Waals surface area contributed by atoms with Crippen LogP contribution in [0.4, 0.5) is 4.39 Å². The Morgan fingerprint density at radius 2 is 2.32 bits per heavy atom. The number of hydrogen-bond acceptors (Lipinski definition) is 5. The van der Waals surface area contributed by atoms with E-state index in [9.17, 15) is 9.18 Å². The van der Waals surface area contributed by atoms with Gasteiger partial charge in [0.1, 0.15) is 5.82 Å². The molecule has 0 aliphatic heterocycles. The quantitative estimate of drug-likeness (QED) is 0.850. The normalized spacial score (nSPS) is 10.6. The Balaban J connectivity index is 2.07. The van der Waals surface area contributed by atoms with E-state index in [4.69, 9.17) is 9.63 Å². The molecule has 0 radical (unpaired) electrons. The minimum atomic E-state index is -1.29. The molecule has 19 heavy (non-hydrogen) atoms. The predicted octanol–water partition coefficient (Wildman–Crippen LogP) is 2.76. The van der Waals surface area contributed by atoms with Gasteiger partial charge < -0.3 is 9.63 Å². The van der Waals surface area contributed by atoms with Gasteiger partial charge in [0.05, 0.1) is 11.3 Å². The highest BCUT2D eigenvalue weighted by Crippen LogP contribution is 2.24. The van der Waals surface area contributed by atoms with Gasteiger partial charge in [-0.1, -0.05) is 12.1 Å². The van der Waals surface area contributed by atoms with E-state index in [1.165, 1.54) is 23.9 Å². The van der Waals surface area contributed by atoms with Crippen molar-refractivity contribution in [2.24, 2.45) is 0 Å². The molecule has 7 heteroatoms. The summed E-state index contributed by atoms with van der Waals surface area (Å²) in [4.78, 5) is 15.6. The van der Waals surface area contributed by atoms with Crippen LogP contribution in [0.5, 0.6) is 0 Å². The van der Waals surface area contributed by atoms with Crippen molar-refractivity contribution in [2.45, 2.75) is 24.0 Å². The summed E-state index contributed by atoms with van der Waals surface area (Å²) in [5, 5.41) is 12.6. The number of nitrogens with zero attached hydrogens (tertiary/aromatic N) is 2. The molecule has 0 aliphatic rings. The summed E-state index contributed by atoms with van der Waals surface area (Å²) in [5.41, 5.74) is -0.343. The summed E-state index contributed by atoms with van der Waals surface area (Å²) in [7, 11) is 0. The molecule has 0 aliphatic carbocycles. The van der Waals surface area contributed by atoms with Gasteiger partial charge in [0.15, 0.2) is 5.82 Å². The molecule has 1 N–H and O–H groups in total. The summed E-state index contributed by atoms with van der Waals surface area (Å²) in [6.07, 6.45) is 0.688. The van der Waals surface area contributed by atoms with Crippen LogP contribution in [-0.2, 0) is 12.2 Å². The molecule has 100 valence electrons. The van der Waals surface area contributed by atoms with E-state index in [1.807, 2.05) is 6.92 Å². The number of aromatic nitrogens is 2. The van der Waals surface area contributed by atoms with Gasteiger partial charge in [-0.15, -0.1) is 11.8 Å². The van der Waals surface area contributed by atoms with Crippen molar-refractivity contribution >= 4 is 17.7 Å². The molecule has 0 amide bonds. The van der Waals surface area contributed by atoms with Gasteiger partial charge in [0.2, 0.25) is 5.89 Å². The minimum absolute atomic E-state index is 0.343. The maximum absolute atomic E-state index is 13.2. The number of thioether (sulfide) groups is 1. The van der Waals surface area contributed by atoms with Crippen molar-refractivity contribution in [3.8, 4) is 0 Å². The lowest BCUT2D eigenvalue weighted by Crippen LogP contribution is -2.00. The van der Waals surface area contributed by atoms with Crippen molar-refractivity contribution in [2.75, 3.05) is 0 Å². The molecule has 1 aromatic carbocycles. The average molecular weight is 282 g/mol. The first kappa shape index (κ1) is 13.5. The number of rotatable bonds is 5. The Kier molecular flexibility index (Phi) is 4.16. The zero-order valence-electron chi connectivity index (χ0n) is 10.1. The fraction of sp³-hybridized carbons (Fsp3) is 0.250. The minimum Gasteiger partial charge on any atom is -0.478 e. The summed E-state index contributed by atoms with van der Waals surface area (Å²) >= 11 is 1.31. The number of carboxylic acids is 1. The number of carbonyl (C=O) groups is 1. The lowest BCUT2D eigenvalue weighted by atomic mass is 10.2. The number of halogens is 1. The number of hydrogen-bond donors (Lipinski definition) is 1. The van der Waals surface area contributed by atoms with Crippen molar-refractivity contribution in [3.05, 3.63) is 41.3 Å². The van der Waals surface area contributed by atoms with Crippen LogP contribution in [0.25, 0.3) is 0 Å². The van der Waals surface area contributed by atoms with Crippen LogP contribution in [0, 0.1) is 5.82 Å². The third kappa shape index (κ3) is 3.31. The summed E-state index contributed by atoms with van der Waals surface area (Å²) in [5.74, 6) is -0.532. The second-order valence-corrected chi connectivity index (χ2v) is 4.74. The molecular formula is C12H11FN2O3S. The molecule has 0 fully saturated rings. The molecule has 0 spiro atoms. The van der Waals surface area contributed by atoms with Gasteiger partial charge in [-0.2, -0.15) is 4.98 Å². The zero-order valence-corrected chi connectivity index (χ0v) is 10.9. The Morgan fingerprint density at radius 3 is 2.95 bits per heavy atom. The SMILES string of the molecule is CCc1noc(CSc2ccc(F)c(C(=O)O)c2)n1. The van der Waals surface area contributed by atoms with Gasteiger partial charge >= 0.3 is 5.97 Å². The van der Waals surface area contributed by atoms with Crippen LogP contribution in [0.1, 0.15) is 29.0 Å². The summed E-state index contributed by atoms with van der Waals surface area (Å²) < 4.78 is 18.2. The summed E-state index contributed by atoms with van der Waals surface area (Å²) in [6.45, 7) is 1.92. The third-order valence-corrected chi connectivity index (χ3v) is 3.34. The van der Waals surface area contributed by atoms with Crippen molar-refractivity contribution in [1.29, 1.82) is 0 Å². The lowest BCUT2D eigenvalue weighted by molar-refractivity contribution is 0.0691. The molecule has 1 aromatic heterocycles. The number of aromatic carboxylic acids is 1. The molecule has 1 heterocycles. The standard InChI is InChI=1S/C12H11FN2O3S/c1-2-10-14-11(18-15-10)6-19-7-3-4-9(13)8(5-7)12(16)17/h3-5H,2,6H2,1H3,(H,16,17). The second kappa shape index (κ2) is 5.83. The first-order valence-corrected chi connectivity index (χ1v) is 6.55. The van der Waals surface area contributed by atoms with E-state index in [0.29, 0.717) is 28.8 Å². The monoisotopic (exact) mass is 282 g/mol. The molecule has 5 nitrogen and oxygen atoms in total. The largest absolute Gasteiger partial charge is 0.478 e. The van der Waals surface area contributed by atoms with Crippen LogP contribution in [0.3, 0.4) is 0 Å². The Bertz CT molecular complexity index is 600. The number of benzene rings is 1. The van der Waals surface area contributed by atoms with E-state index in [-0.39, 0.29) is 5.56 Å². The Morgan fingerprint density at radius 1 is 1.53 bits per heavy atom. The van der Waals surface area contributed by atoms with Gasteiger partial charge in [0.25, 0.3) is 0 Å². The van der Waals surface area contributed by atoms with Gasteiger partial charge in [0, 0.05) is 11.3 Å². The van der Waals surface area contributed by atoms with Crippen LogP contribution < -0.4 is 0 Å². The first-order valence-electron chi connectivity index (χ1n) is 5.57. The van der Waals surface area contributed by atoms with E-state index in [1.54, 1.807) is 0 Å². The Labute approximate surface area is 112 Å². The van der Waals surface area contributed by atoms with Crippen LogP contribution >= 0.6 is 11.8 Å². The zero-order chi connectivity index (χ0) is 13.8. The topological polar surface area (TPSA) is 76.2 Å². The highest BCUT2D eigenvalue weighted by Gasteiger charge is 2.12. The maximum atomic E-state index is 13.2. The molecule has 0 atom stereocenters. The fourth-order valence-corrected chi connectivity index (χ4v) is 2.17. The predicted molar refractivity (Wildman–Crippen MR) is 66.6 cm³/mol. The van der Waals surface area contributed by atoms with Crippen LogP contribution in [-0.4, -0.2) is 21.2 Å². The molecule has 0 unspecified atom stereocenters. The smallest absolute Gasteiger partial charge is 0.338 e. The molecule has 0 saturated carbocycles.